The van der Waals surface area contributed by atoms with Crippen molar-refractivity contribution in [1.82, 2.24) is 29.4 Å². The van der Waals surface area contributed by atoms with Crippen LogP contribution in [0.5, 0.6) is 0 Å². The second kappa shape index (κ2) is 8.86. The number of piperazine rings is 1. The van der Waals surface area contributed by atoms with Crippen LogP contribution >= 0.6 is 11.3 Å². The fourth-order valence-electron chi connectivity index (χ4n) is 4.55. The maximum absolute atomic E-state index is 11.8. The molecule has 0 atom stereocenters. The number of hydrogen-bond donors (Lipinski definition) is 1. The van der Waals surface area contributed by atoms with Crippen molar-refractivity contribution in [3.8, 4) is 11.4 Å². The van der Waals surface area contributed by atoms with Gasteiger partial charge in [-0.05, 0) is 12.1 Å². The Morgan fingerprint density at radius 1 is 1.14 bits per heavy atom. The molecule has 4 aromatic rings. The molecule has 35 heavy (non-hydrogen) atoms. The number of nitrogens with one attached hydrogen (secondary N) is 1. The summed E-state index contributed by atoms with van der Waals surface area (Å²) in [5.74, 6) is 1.52. The van der Waals surface area contributed by atoms with Gasteiger partial charge >= 0.3 is 0 Å². The largest absolute Gasteiger partial charge is 0.498 e. The summed E-state index contributed by atoms with van der Waals surface area (Å²) in [6, 6.07) is 8.12. The molecule has 10 nitrogen and oxygen atoms in total. The average molecular weight is 512 g/mol. The third-order valence-corrected chi connectivity index (χ3v) is 8.78. The molecule has 6 rings (SSSR count). The van der Waals surface area contributed by atoms with E-state index < -0.39 is 10.0 Å². The van der Waals surface area contributed by atoms with E-state index in [1.54, 1.807) is 21.9 Å². The van der Waals surface area contributed by atoms with E-state index in [9.17, 15) is 8.42 Å². The lowest BCUT2D eigenvalue weighted by Crippen LogP contribution is -2.47. The molecule has 0 spiro atoms. The van der Waals surface area contributed by atoms with Gasteiger partial charge in [0.25, 0.3) is 0 Å². The number of hydrogen-bond acceptors (Lipinski definition) is 9. The van der Waals surface area contributed by atoms with Crippen molar-refractivity contribution in [3.05, 3.63) is 47.8 Å². The molecule has 12 heteroatoms. The van der Waals surface area contributed by atoms with Gasteiger partial charge in [-0.25, -0.2) is 18.4 Å². The molecule has 182 valence electrons. The number of anilines is 1. The third-order valence-electron chi connectivity index (χ3n) is 6.37. The van der Waals surface area contributed by atoms with E-state index in [1.807, 2.05) is 30.6 Å². The van der Waals surface area contributed by atoms with Gasteiger partial charge in [0.1, 0.15) is 6.61 Å². The summed E-state index contributed by atoms with van der Waals surface area (Å²) >= 11 is 1.69. The highest BCUT2D eigenvalue weighted by atomic mass is 32.2. The van der Waals surface area contributed by atoms with Crippen LogP contribution < -0.4 is 4.90 Å². The van der Waals surface area contributed by atoms with Gasteiger partial charge in [0.2, 0.25) is 10.0 Å². The number of aromatic nitrogens is 4. The first-order valence-electron chi connectivity index (χ1n) is 11.4. The van der Waals surface area contributed by atoms with Crippen molar-refractivity contribution in [3.63, 3.8) is 0 Å². The minimum atomic E-state index is -3.14. The summed E-state index contributed by atoms with van der Waals surface area (Å²) < 4.78 is 31.7. The number of ether oxygens (including phenoxy) is 1. The quantitative estimate of drug-likeness (QED) is 0.436. The molecular weight excluding hydrogens is 486 g/mol. The zero-order valence-corrected chi connectivity index (χ0v) is 20.8. The van der Waals surface area contributed by atoms with Crippen LogP contribution in [0.1, 0.15) is 4.88 Å². The highest BCUT2D eigenvalue weighted by molar-refractivity contribution is 7.88. The molecule has 0 saturated carbocycles. The summed E-state index contributed by atoms with van der Waals surface area (Å²) in [6.07, 6.45) is 6.69. The predicted octanol–water partition coefficient (Wildman–Crippen LogP) is 2.62. The maximum Gasteiger partial charge on any atom is 0.211 e. The van der Waals surface area contributed by atoms with Gasteiger partial charge in [0, 0.05) is 54.8 Å². The van der Waals surface area contributed by atoms with E-state index in [0.717, 1.165) is 39.0 Å². The number of benzene rings is 1. The van der Waals surface area contributed by atoms with Gasteiger partial charge < -0.3 is 9.64 Å². The standard InChI is InChI=1S/C23H25N7O3S2/c1-35(31,32)30-7-5-28(6-8-30)15-16-13-20-21(34-16)23(29-9-11-33-12-10-29)26-22(25-20)17-3-2-4-19-18(17)14-24-27-19/h2-4,9,11,13-14H,5-8,10,12,15H2,1H3,(H,24,27). The molecular formula is C23H25N7O3S2. The fourth-order valence-corrected chi connectivity index (χ4v) is 6.52. The fraction of sp³-hybridized carbons (Fsp3) is 0.348. The Hall–Kier alpha value is -3.06. The maximum atomic E-state index is 11.8. The molecule has 1 N–H and O–H groups in total. The zero-order chi connectivity index (χ0) is 24.0. The van der Waals surface area contributed by atoms with Gasteiger partial charge in [-0.15, -0.1) is 11.3 Å². The molecule has 1 aromatic carbocycles. The average Bonchev–Trinajstić information content (AvgIpc) is 3.50. The van der Waals surface area contributed by atoms with Crippen molar-refractivity contribution in [2.24, 2.45) is 0 Å². The summed E-state index contributed by atoms with van der Waals surface area (Å²) in [4.78, 5) is 15.6. The minimum Gasteiger partial charge on any atom is -0.498 e. The second-order valence-electron chi connectivity index (χ2n) is 8.72. The number of aromatic amines is 1. The Morgan fingerprint density at radius 2 is 2.00 bits per heavy atom. The molecule has 0 unspecified atom stereocenters. The van der Waals surface area contributed by atoms with Crippen molar-refractivity contribution < 1.29 is 13.2 Å². The highest BCUT2D eigenvalue weighted by Gasteiger charge is 2.25. The van der Waals surface area contributed by atoms with Crippen molar-refractivity contribution in [2.75, 3.05) is 50.5 Å². The number of thiophene rings is 1. The molecule has 0 amide bonds. The summed E-state index contributed by atoms with van der Waals surface area (Å²) in [5.41, 5.74) is 2.78. The van der Waals surface area contributed by atoms with Crippen LogP contribution in [-0.2, 0) is 21.3 Å². The lowest BCUT2D eigenvalue weighted by molar-refractivity contribution is 0.183. The Labute approximate surface area is 206 Å². The van der Waals surface area contributed by atoms with Crippen LogP contribution in [-0.4, -0.2) is 83.4 Å². The van der Waals surface area contributed by atoms with Gasteiger partial charge in [0.15, 0.2) is 11.6 Å². The lowest BCUT2D eigenvalue weighted by atomic mass is 10.1. The minimum absolute atomic E-state index is 0.520. The van der Waals surface area contributed by atoms with Crippen molar-refractivity contribution in [2.45, 2.75) is 6.54 Å². The first-order chi connectivity index (χ1) is 17.0. The number of rotatable bonds is 5. The molecule has 1 saturated heterocycles. The SMILES string of the molecule is CS(=O)(=O)N1CCN(Cc2cc3nc(-c4cccc5[nH]ncc45)nc(N4C=COCC4)c3s2)CC1. The zero-order valence-electron chi connectivity index (χ0n) is 19.2. The molecule has 1 fully saturated rings. The van der Waals surface area contributed by atoms with Crippen LogP contribution in [0.4, 0.5) is 5.82 Å². The normalized spacial score (nSPS) is 17.9. The highest BCUT2D eigenvalue weighted by Crippen LogP contribution is 2.36. The second-order valence-corrected chi connectivity index (χ2v) is 11.8. The van der Waals surface area contributed by atoms with Gasteiger partial charge in [-0.2, -0.15) is 9.40 Å². The molecule has 0 aliphatic carbocycles. The monoisotopic (exact) mass is 511 g/mol. The Morgan fingerprint density at radius 3 is 2.77 bits per heavy atom. The van der Waals surface area contributed by atoms with Gasteiger partial charge in [0.05, 0.1) is 41.0 Å². The predicted molar refractivity (Wildman–Crippen MR) is 137 cm³/mol. The molecule has 0 radical (unpaired) electrons. The van der Waals surface area contributed by atoms with Crippen molar-refractivity contribution in [1.29, 1.82) is 0 Å². The summed E-state index contributed by atoms with van der Waals surface area (Å²) in [7, 11) is -3.14. The van der Waals surface area contributed by atoms with E-state index in [4.69, 9.17) is 14.7 Å². The van der Waals surface area contributed by atoms with E-state index in [-0.39, 0.29) is 0 Å². The van der Waals surface area contributed by atoms with Crippen LogP contribution in [0.3, 0.4) is 0 Å². The van der Waals surface area contributed by atoms with Crippen molar-refractivity contribution >= 4 is 48.3 Å². The number of nitrogens with zero attached hydrogens (tertiary/aromatic N) is 6. The molecule has 3 aromatic heterocycles. The Balaban J connectivity index is 1.37. The van der Waals surface area contributed by atoms with Gasteiger partial charge in [-0.3, -0.25) is 10.00 Å². The molecule has 2 aliphatic rings. The van der Waals surface area contributed by atoms with Crippen LogP contribution in [0.15, 0.2) is 42.9 Å². The smallest absolute Gasteiger partial charge is 0.211 e. The van der Waals surface area contributed by atoms with E-state index in [0.29, 0.717) is 45.2 Å². The van der Waals surface area contributed by atoms with E-state index in [2.05, 4.69) is 26.1 Å². The first-order valence-corrected chi connectivity index (χ1v) is 14.1. The Bertz CT molecular complexity index is 1520. The lowest BCUT2D eigenvalue weighted by Gasteiger charge is -2.32. The van der Waals surface area contributed by atoms with Crippen LogP contribution in [0, 0.1) is 0 Å². The number of sulfonamides is 1. The molecule has 0 bridgehead atoms. The summed E-state index contributed by atoms with van der Waals surface area (Å²) in [5, 5.41) is 8.19. The molecule has 2 aliphatic heterocycles. The Kier molecular flexibility index (Phi) is 5.67. The number of fused-ring (bicyclic) bond motifs is 2. The topological polar surface area (TPSA) is 108 Å². The number of H-pyrrole nitrogens is 1. The van der Waals surface area contributed by atoms with E-state index in [1.165, 1.54) is 11.1 Å². The molecule has 5 heterocycles. The third kappa shape index (κ3) is 4.38. The van der Waals surface area contributed by atoms with Gasteiger partial charge in [-0.1, -0.05) is 12.1 Å². The van der Waals surface area contributed by atoms with Crippen LogP contribution in [0.25, 0.3) is 32.5 Å². The first kappa shape index (κ1) is 22.4. The van der Waals surface area contributed by atoms with Crippen LogP contribution in [0.2, 0.25) is 0 Å². The summed E-state index contributed by atoms with van der Waals surface area (Å²) in [6.45, 7) is 4.51. The van der Waals surface area contributed by atoms with E-state index >= 15 is 0 Å².